The molecule has 1 heterocycles. The fourth-order valence-corrected chi connectivity index (χ4v) is 2.00. The van der Waals surface area contributed by atoms with Crippen LogP contribution in [-0.2, 0) is 19.6 Å². The number of rotatable bonds is 6. The van der Waals surface area contributed by atoms with Gasteiger partial charge >= 0.3 is 7.12 Å². The number of aromatic nitrogens is 2. The van der Waals surface area contributed by atoms with Gasteiger partial charge in [0.05, 0.1) is 11.4 Å². The molecular formula is C14H19BN2O3. The van der Waals surface area contributed by atoms with Crippen LogP contribution in [0, 0.1) is 0 Å². The van der Waals surface area contributed by atoms with Crippen LogP contribution in [0.25, 0.3) is 0 Å². The molecule has 1 aromatic carbocycles. The van der Waals surface area contributed by atoms with E-state index >= 15 is 0 Å². The predicted octanol–water partition coefficient (Wildman–Crippen LogP) is 0.724. The summed E-state index contributed by atoms with van der Waals surface area (Å²) in [6, 6.07) is 8.83. The molecule has 0 bridgehead atoms. The van der Waals surface area contributed by atoms with Gasteiger partial charge in [-0.25, -0.2) is 0 Å². The van der Waals surface area contributed by atoms with Crippen molar-refractivity contribution >= 4 is 12.6 Å². The van der Waals surface area contributed by atoms with Crippen LogP contribution < -0.4 is 10.2 Å². The number of nitrogens with zero attached hydrogens (tertiary/aromatic N) is 2. The van der Waals surface area contributed by atoms with E-state index in [4.69, 9.17) is 14.8 Å². The highest BCUT2D eigenvalue weighted by Gasteiger charge is 2.12. The molecule has 106 valence electrons. The first-order chi connectivity index (χ1) is 9.63. The highest BCUT2D eigenvalue weighted by molar-refractivity contribution is 6.58. The molecule has 0 saturated carbocycles. The zero-order valence-electron chi connectivity index (χ0n) is 11.8. The maximum atomic E-state index is 9.14. The van der Waals surface area contributed by atoms with Crippen LogP contribution in [0.1, 0.15) is 25.2 Å². The second kappa shape index (κ2) is 6.59. The first-order valence-corrected chi connectivity index (χ1v) is 6.78. The lowest BCUT2D eigenvalue weighted by atomic mass is 9.80. The van der Waals surface area contributed by atoms with Crippen LogP contribution in [0.3, 0.4) is 0 Å². The highest BCUT2D eigenvalue weighted by atomic mass is 16.5. The molecule has 0 aliphatic carbocycles. The van der Waals surface area contributed by atoms with Gasteiger partial charge in [-0.2, -0.15) is 5.10 Å². The van der Waals surface area contributed by atoms with Gasteiger partial charge in [0.2, 0.25) is 0 Å². The zero-order valence-corrected chi connectivity index (χ0v) is 11.8. The maximum Gasteiger partial charge on any atom is 0.488 e. The maximum absolute atomic E-state index is 9.14. The SMILES string of the molecule is CCc1cc(COc2cccc(B(O)O)c2)n(CC)n1. The van der Waals surface area contributed by atoms with E-state index in [1.54, 1.807) is 24.3 Å². The Labute approximate surface area is 119 Å². The van der Waals surface area contributed by atoms with E-state index in [9.17, 15) is 0 Å². The molecule has 2 N–H and O–H groups in total. The molecule has 20 heavy (non-hydrogen) atoms. The van der Waals surface area contributed by atoms with Crippen molar-refractivity contribution in [2.24, 2.45) is 0 Å². The topological polar surface area (TPSA) is 67.5 Å². The van der Waals surface area contributed by atoms with Crippen molar-refractivity contribution in [3.8, 4) is 5.75 Å². The highest BCUT2D eigenvalue weighted by Crippen LogP contribution is 2.12. The fourth-order valence-electron chi connectivity index (χ4n) is 2.00. The van der Waals surface area contributed by atoms with E-state index in [-0.39, 0.29) is 0 Å². The lowest BCUT2D eigenvalue weighted by Gasteiger charge is -2.09. The van der Waals surface area contributed by atoms with Crippen molar-refractivity contribution < 1.29 is 14.8 Å². The number of benzene rings is 1. The van der Waals surface area contributed by atoms with Gasteiger partial charge in [-0.05, 0) is 37.0 Å². The normalized spacial score (nSPS) is 10.6. The Morgan fingerprint density at radius 2 is 2.05 bits per heavy atom. The Balaban J connectivity index is 2.08. The quantitative estimate of drug-likeness (QED) is 0.762. The van der Waals surface area contributed by atoms with E-state index in [0.29, 0.717) is 17.8 Å². The smallest absolute Gasteiger partial charge is 0.487 e. The Hall–Kier alpha value is -1.79. The predicted molar refractivity (Wildman–Crippen MR) is 77.9 cm³/mol. The van der Waals surface area contributed by atoms with Gasteiger partial charge in [0.25, 0.3) is 0 Å². The van der Waals surface area contributed by atoms with E-state index < -0.39 is 7.12 Å². The van der Waals surface area contributed by atoms with Crippen molar-refractivity contribution in [2.45, 2.75) is 33.4 Å². The molecule has 0 saturated heterocycles. The van der Waals surface area contributed by atoms with Crippen LogP contribution in [-0.4, -0.2) is 26.9 Å². The van der Waals surface area contributed by atoms with Gasteiger partial charge in [-0.3, -0.25) is 4.68 Å². The number of aryl methyl sites for hydroxylation is 2. The minimum absolute atomic E-state index is 0.409. The molecule has 0 fully saturated rings. The molecule has 0 atom stereocenters. The van der Waals surface area contributed by atoms with Crippen molar-refractivity contribution in [3.63, 3.8) is 0 Å². The molecule has 0 aliphatic rings. The van der Waals surface area contributed by atoms with E-state index in [1.165, 1.54) is 0 Å². The molecule has 0 unspecified atom stereocenters. The Morgan fingerprint density at radius 1 is 1.25 bits per heavy atom. The first-order valence-electron chi connectivity index (χ1n) is 6.78. The fraction of sp³-hybridized carbons (Fsp3) is 0.357. The zero-order chi connectivity index (χ0) is 14.5. The molecular weight excluding hydrogens is 255 g/mol. The summed E-state index contributed by atoms with van der Waals surface area (Å²) in [7, 11) is -1.48. The van der Waals surface area contributed by atoms with Crippen LogP contribution in [0.2, 0.25) is 0 Å². The monoisotopic (exact) mass is 274 g/mol. The molecule has 1 aromatic heterocycles. The van der Waals surface area contributed by atoms with Crippen molar-refractivity contribution in [1.82, 2.24) is 9.78 Å². The molecule has 2 rings (SSSR count). The van der Waals surface area contributed by atoms with Crippen LogP contribution in [0.15, 0.2) is 30.3 Å². The third-order valence-corrected chi connectivity index (χ3v) is 3.12. The Bertz CT molecular complexity index is 569. The molecule has 5 nitrogen and oxygen atoms in total. The second-order valence-electron chi connectivity index (χ2n) is 4.53. The van der Waals surface area contributed by atoms with Crippen molar-refractivity contribution in [1.29, 1.82) is 0 Å². The number of hydrogen-bond acceptors (Lipinski definition) is 4. The van der Waals surface area contributed by atoms with E-state index in [1.807, 2.05) is 17.7 Å². The number of hydrogen-bond donors (Lipinski definition) is 2. The summed E-state index contributed by atoms with van der Waals surface area (Å²) < 4.78 is 7.62. The molecule has 6 heteroatoms. The van der Waals surface area contributed by atoms with Crippen LogP contribution >= 0.6 is 0 Å². The van der Waals surface area contributed by atoms with E-state index in [2.05, 4.69) is 12.0 Å². The van der Waals surface area contributed by atoms with Gasteiger partial charge in [0, 0.05) is 6.54 Å². The summed E-state index contributed by atoms with van der Waals surface area (Å²) in [5, 5.41) is 22.7. The van der Waals surface area contributed by atoms with E-state index in [0.717, 1.165) is 24.4 Å². The lowest BCUT2D eigenvalue weighted by Crippen LogP contribution is -2.29. The van der Waals surface area contributed by atoms with Crippen LogP contribution in [0.5, 0.6) is 5.75 Å². The lowest BCUT2D eigenvalue weighted by molar-refractivity contribution is 0.292. The molecule has 0 spiro atoms. The average Bonchev–Trinajstić information content (AvgIpc) is 2.88. The van der Waals surface area contributed by atoms with Gasteiger partial charge in [-0.1, -0.05) is 19.1 Å². The first kappa shape index (κ1) is 14.6. The summed E-state index contributed by atoms with van der Waals surface area (Å²) in [4.78, 5) is 0. The number of ether oxygens (including phenoxy) is 1. The van der Waals surface area contributed by atoms with Gasteiger partial charge in [-0.15, -0.1) is 0 Å². The summed E-state index contributed by atoms with van der Waals surface area (Å²) in [6.45, 7) is 5.32. The summed E-state index contributed by atoms with van der Waals surface area (Å²) in [6.07, 6.45) is 0.895. The second-order valence-corrected chi connectivity index (χ2v) is 4.53. The largest absolute Gasteiger partial charge is 0.488 e. The molecule has 0 radical (unpaired) electrons. The minimum atomic E-state index is -1.48. The van der Waals surface area contributed by atoms with Gasteiger partial charge in [0.1, 0.15) is 12.4 Å². The molecule has 0 amide bonds. The van der Waals surface area contributed by atoms with Gasteiger partial charge < -0.3 is 14.8 Å². The van der Waals surface area contributed by atoms with Gasteiger partial charge in [0.15, 0.2) is 0 Å². The summed E-state index contributed by atoms with van der Waals surface area (Å²) >= 11 is 0. The molecule has 0 aliphatic heterocycles. The standard InChI is InChI=1S/C14H19BN2O3/c1-3-12-9-13(17(4-2)16-12)10-20-14-7-5-6-11(8-14)15(18)19/h5-9,18-19H,3-4,10H2,1-2H3. The third kappa shape index (κ3) is 3.40. The summed E-state index contributed by atoms with van der Waals surface area (Å²) in [5.41, 5.74) is 2.48. The Morgan fingerprint density at radius 3 is 2.70 bits per heavy atom. The van der Waals surface area contributed by atoms with Crippen LogP contribution in [0.4, 0.5) is 0 Å². The summed E-state index contributed by atoms with van der Waals surface area (Å²) in [5.74, 6) is 0.609. The minimum Gasteiger partial charge on any atom is -0.487 e. The average molecular weight is 274 g/mol. The van der Waals surface area contributed by atoms with Crippen molar-refractivity contribution in [2.75, 3.05) is 0 Å². The Kier molecular flexibility index (Phi) is 4.81. The molecule has 2 aromatic rings. The van der Waals surface area contributed by atoms with Crippen molar-refractivity contribution in [3.05, 3.63) is 41.7 Å². The third-order valence-electron chi connectivity index (χ3n) is 3.12.